The first-order valence-corrected chi connectivity index (χ1v) is 15.2. The van der Waals surface area contributed by atoms with Gasteiger partial charge in [-0.1, -0.05) is 66.7 Å². The Balaban J connectivity index is 1.30. The maximum atomic E-state index is 6.48. The lowest BCUT2D eigenvalue weighted by molar-refractivity contribution is 0.669. The third-order valence-electron chi connectivity index (χ3n) is 9.10. The monoisotopic (exact) mass is 565 g/mol. The zero-order chi connectivity index (χ0) is 27.8. The van der Waals surface area contributed by atoms with Crippen LogP contribution in [0.25, 0.3) is 103 Å². The van der Waals surface area contributed by atoms with Crippen molar-refractivity contribution >= 4 is 103 Å². The second-order valence-corrected chi connectivity index (χ2v) is 12.5. The van der Waals surface area contributed by atoms with Gasteiger partial charge in [-0.15, -0.1) is 11.3 Å². The lowest BCUT2D eigenvalue weighted by Gasteiger charge is -2.05. The van der Waals surface area contributed by atoms with Gasteiger partial charge in [-0.25, -0.2) is 9.97 Å². The van der Waals surface area contributed by atoms with Crippen molar-refractivity contribution in [1.29, 1.82) is 0 Å². The molecule has 0 unspecified atom stereocenters. The Morgan fingerprint density at radius 1 is 0.535 bits per heavy atom. The van der Waals surface area contributed by atoms with Crippen LogP contribution in [-0.4, -0.2) is 14.4 Å². The fourth-order valence-electron chi connectivity index (χ4n) is 7.24. The molecule has 5 heterocycles. The highest BCUT2D eigenvalue weighted by Gasteiger charge is 2.25. The third-order valence-corrected chi connectivity index (χ3v) is 10.2. The van der Waals surface area contributed by atoms with Gasteiger partial charge in [0.1, 0.15) is 16.7 Å². The maximum Gasteiger partial charge on any atom is 0.165 e. The molecule has 0 radical (unpaired) electrons. The van der Waals surface area contributed by atoms with E-state index < -0.39 is 0 Å². The van der Waals surface area contributed by atoms with Gasteiger partial charge >= 0.3 is 0 Å². The highest BCUT2D eigenvalue weighted by molar-refractivity contribution is 7.25. The molecule has 0 amide bonds. The van der Waals surface area contributed by atoms with Crippen LogP contribution in [0.1, 0.15) is 0 Å². The Kier molecular flexibility index (Phi) is 3.94. The van der Waals surface area contributed by atoms with E-state index in [4.69, 9.17) is 14.4 Å². The fraction of sp³-hybridized carbons (Fsp3) is 0. The minimum absolute atomic E-state index is 0.877. The minimum atomic E-state index is 0.877. The summed E-state index contributed by atoms with van der Waals surface area (Å²) < 4.78 is 11.4. The number of thiophene rings is 1. The first-order valence-electron chi connectivity index (χ1n) is 14.4. The number of para-hydroxylation sites is 3. The van der Waals surface area contributed by atoms with Gasteiger partial charge in [0.15, 0.2) is 5.65 Å². The summed E-state index contributed by atoms with van der Waals surface area (Å²) in [5.41, 5.74) is 10.0. The van der Waals surface area contributed by atoms with Crippen molar-refractivity contribution in [2.45, 2.75) is 0 Å². The standard InChI is InChI=1S/C38H19N3OS/c1-5-11-30-24(8-1)34-31(42-30)19-26-36-38(40-28-10-4-3-9-27(28)39-36)41-29-16-14-20(17-25(29)35(34)37(26)41)21-13-15-23-22-7-2-6-12-32(22)43-33(23)18-21/h1-19H. The molecule has 0 saturated heterocycles. The van der Waals surface area contributed by atoms with Gasteiger partial charge in [0.25, 0.3) is 0 Å². The lowest BCUT2D eigenvalue weighted by Crippen LogP contribution is -1.89. The summed E-state index contributed by atoms with van der Waals surface area (Å²) in [6.07, 6.45) is 0. The number of furan rings is 1. The average Bonchev–Trinajstić information content (AvgIpc) is 3.78. The van der Waals surface area contributed by atoms with Gasteiger partial charge in [-0.05, 0) is 59.7 Å². The molecule has 0 atom stereocenters. The van der Waals surface area contributed by atoms with Gasteiger partial charge in [-0.3, -0.25) is 4.40 Å². The van der Waals surface area contributed by atoms with E-state index in [9.17, 15) is 0 Å². The Hall–Kier alpha value is -5.52. The molecule has 0 aliphatic heterocycles. The lowest BCUT2D eigenvalue weighted by atomic mass is 9.99. The van der Waals surface area contributed by atoms with E-state index in [0.29, 0.717) is 0 Å². The summed E-state index contributed by atoms with van der Waals surface area (Å²) in [6.45, 7) is 0. The quantitative estimate of drug-likeness (QED) is 0.199. The molecule has 198 valence electrons. The van der Waals surface area contributed by atoms with Crippen molar-refractivity contribution in [3.8, 4) is 11.1 Å². The molecular formula is C38H19N3OS. The molecule has 0 aliphatic carbocycles. The van der Waals surface area contributed by atoms with Crippen LogP contribution in [0.4, 0.5) is 0 Å². The first-order chi connectivity index (χ1) is 21.3. The summed E-state index contributed by atoms with van der Waals surface area (Å²) in [7, 11) is 0. The highest BCUT2D eigenvalue weighted by Crippen LogP contribution is 2.46. The van der Waals surface area contributed by atoms with Crippen LogP contribution in [-0.2, 0) is 0 Å². The predicted molar refractivity (Wildman–Crippen MR) is 180 cm³/mol. The van der Waals surface area contributed by atoms with Crippen LogP contribution in [0.15, 0.2) is 120 Å². The molecule has 5 aromatic heterocycles. The zero-order valence-electron chi connectivity index (χ0n) is 22.6. The molecule has 11 aromatic rings. The molecule has 0 saturated carbocycles. The van der Waals surface area contributed by atoms with Gasteiger partial charge in [0.2, 0.25) is 0 Å². The third kappa shape index (κ3) is 2.75. The van der Waals surface area contributed by atoms with Crippen LogP contribution >= 0.6 is 11.3 Å². The summed E-state index contributed by atoms with van der Waals surface area (Å²) in [6, 6.07) is 41.0. The topological polar surface area (TPSA) is 43.3 Å². The number of aromatic nitrogens is 3. The molecule has 5 heteroatoms. The summed E-state index contributed by atoms with van der Waals surface area (Å²) in [5.74, 6) is 0. The number of rotatable bonds is 1. The zero-order valence-corrected chi connectivity index (χ0v) is 23.4. The van der Waals surface area contributed by atoms with E-state index in [1.807, 2.05) is 41.7 Å². The van der Waals surface area contributed by atoms with Crippen molar-refractivity contribution < 1.29 is 4.42 Å². The number of nitrogens with zero attached hydrogens (tertiary/aromatic N) is 3. The number of fused-ring (bicyclic) bond motifs is 14. The number of hydrogen-bond acceptors (Lipinski definition) is 4. The second-order valence-electron chi connectivity index (χ2n) is 11.4. The maximum absolute atomic E-state index is 6.48. The van der Waals surface area contributed by atoms with E-state index in [1.165, 1.54) is 42.1 Å². The number of hydrogen-bond donors (Lipinski definition) is 0. The van der Waals surface area contributed by atoms with E-state index in [-0.39, 0.29) is 0 Å². The van der Waals surface area contributed by atoms with Crippen LogP contribution in [0, 0.1) is 0 Å². The predicted octanol–water partition coefficient (Wildman–Crippen LogP) is 10.7. The molecule has 0 N–H and O–H groups in total. The van der Waals surface area contributed by atoms with Gasteiger partial charge in [0.05, 0.1) is 22.1 Å². The normalized spacial score (nSPS) is 12.7. The van der Waals surface area contributed by atoms with Crippen LogP contribution in [0.5, 0.6) is 0 Å². The molecular weight excluding hydrogens is 547 g/mol. The summed E-state index contributed by atoms with van der Waals surface area (Å²) >= 11 is 1.86. The van der Waals surface area contributed by atoms with E-state index >= 15 is 0 Å². The first kappa shape index (κ1) is 22.1. The van der Waals surface area contributed by atoms with Crippen molar-refractivity contribution in [3.63, 3.8) is 0 Å². The fourth-order valence-corrected chi connectivity index (χ4v) is 8.38. The molecule has 4 nitrogen and oxygen atoms in total. The van der Waals surface area contributed by atoms with Crippen LogP contribution < -0.4 is 0 Å². The number of benzene rings is 6. The molecule has 6 aromatic carbocycles. The Bertz CT molecular complexity index is 2960. The largest absolute Gasteiger partial charge is 0.456 e. The van der Waals surface area contributed by atoms with Crippen molar-refractivity contribution in [1.82, 2.24) is 14.4 Å². The van der Waals surface area contributed by atoms with Gasteiger partial charge in [-0.2, -0.15) is 0 Å². The van der Waals surface area contributed by atoms with Crippen molar-refractivity contribution in [2.24, 2.45) is 0 Å². The second kappa shape index (κ2) is 7.65. The Labute approximate surface area is 247 Å². The Morgan fingerprint density at radius 2 is 1.28 bits per heavy atom. The molecule has 0 fully saturated rings. The van der Waals surface area contributed by atoms with E-state index in [2.05, 4.69) is 89.3 Å². The van der Waals surface area contributed by atoms with Gasteiger partial charge in [0, 0.05) is 47.1 Å². The minimum Gasteiger partial charge on any atom is -0.456 e. The van der Waals surface area contributed by atoms with Crippen LogP contribution in [0.2, 0.25) is 0 Å². The summed E-state index contributed by atoms with van der Waals surface area (Å²) in [4.78, 5) is 10.3. The van der Waals surface area contributed by atoms with E-state index in [1.54, 1.807) is 0 Å². The molecule has 43 heavy (non-hydrogen) atoms. The summed E-state index contributed by atoms with van der Waals surface area (Å²) in [5, 5.41) is 8.37. The molecule has 0 bridgehead atoms. The highest BCUT2D eigenvalue weighted by atomic mass is 32.1. The molecule has 0 spiro atoms. The molecule has 0 aliphatic rings. The molecule has 11 rings (SSSR count). The smallest absolute Gasteiger partial charge is 0.165 e. The average molecular weight is 566 g/mol. The van der Waals surface area contributed by atoms with Crippen molar-refractivity contribution in [3.05, 3.63) is 115 Å². The van der Waals surface area contributed by atoms with Crippen LogP contribution in [0.3, 0.4) is 0 Å². The van der Waals surface area contributed by atoms with Crippen molar-refractivity contribution in [2.75, 3.05) is 0 Å². The Morgan fingerprint density at radius 3 is 2.21 bits per heavy atom. The van der Waals surface area contributed by atoms with E-state index in [0.717, 1.165) is 60.6 Å². The SMILES string of the molecule is c1ccc2nc3c(nc2c1)c1cc2oc4ccccc4c2c2c4cc(-c5ccc6c(c5)sc5ccccc56)ccc4n3c12. The van der Waals surface area contributed by atoms with Gasteiger partial charge < -0.3 is 4.42 Å².